The fourth-order valence-corrected chi connectivity index (χ4v) is 1.98. The third-order valence-corrected chi connectivity index (χ3v) is 3.33. The Hall–Kier alpha value is -2.70. The average molecular weight is 351 g/mol. The van der Waals surface area contributed by atoms with Crippen LogP contribution in [-0.2, 0) is 14.3 Å². The van der Waals surface area contributed by atoms with E-state index in [4.69, 9.17) is 18.9 Å². The molecule has 138 valence electrons. The number of hydrogen-bond acceptors (Lipinski definition) is 6. The Kier molecular flexibility index (Phi) is 8.92. The lowest BCUT2D eigenvalue weighted by Crippen LogP contribution is -2.29. The number of unbranched alkanes of at least 4 members (excludes halogenated alkanes) is 1. The fourth-order valence-electron chi connectivity index (χ4n) is 1.98. The van der Waals surface area contributed by atoms with Gasteiger partial charge in [0.15, 0.2) is 18.1 Å². The van der Waals surface area contributed by atoms with Gasteiger partial charge >= 0.3 is 5.97 Å². The van der Waals surface area contributed by atoms with Crippen LogP contribution in [0.2, 0.25) is 0 Å². The van der Waals surface area contributed by atoms with Crippen molar-refractivity contribution in [1.82, 2.24) is 5.32 Å². The molecular weight excluding hydrogens is 326 g/mol. The van der Waals surface area contributed by atoms with Crippen LogP contribution < -0.4 is 19.5 Å². The molecule has 7 nitrogen and oxygen atoms in total. The van der Waals surface area contributed by atoms with Crippen LogP contribution in [0.3, 0.4) is 0 Å². The van der Waals surface area contributed by atoms with Crippen LogP contribution in [0.4, 0.5) is 0 Å². The van der Waals surface area contributed by atoms with Gasteiger partial charge < -0.3 is 24.3 Å². The van der Waals surface area contributed by atoms with Crippen LogP contribution in [0.15, 0.2) is 18.2 Å². The standard InChI is InChI=1S/C18H25NO6/c1-5-6-9-19-17(20)12-25-18(21)8-7-13-10-15(23-3)16(24-4)11-14(13)22-2/h7-8,10-11H,5-6,9,12H2,1-4H3,(H,19,20)/b8-7+. The SMILES string of the molecule is CCCCNC(=O)COC(=O)/C=C/c1cc(OC)c(OC)cc1OC. The van der Waals surface area contributed by atoms with Crippen LogP contribution in [0, 0.1) is 0 Å². The molecule has 0 aliphatic heterocycles. The third kappa shape index (κ3) is 6.74. The normalized spacial score (nSPS) is 10.4. The van der Waals surface area contributed by atoms with E-state index in [0.717, 1.165) is 12.8 Å². The number of carbonyl (C=O) groups excluding carboxylic acids is 2. The first-order valence-electron chi connectivity index (χ1n) is 7.97. The minimum absolute atomic E-state index is 0.310. The molecule has 1 rings (SSSR count). The van der Waals surface area contributed by atoms with Gasteiger partial charge in [0.2, 0.25) is 0 Å². The molecule has 0 aliphatic carbocycles. The van der Waals surface area contributed by atoms with Crippen molar-refractivity contribution in [2.45, 2.75) is 19.8 Å². The molecule has 1 aromatic carbocycles. The van der Waals surface area contributed by atoms with Gasteiger partial charge in [0.25, 0.3) is 5.91 Å². The quantitative estimate of drug-likeness (QED) is 0.395. The van der Waals surface area contributed by atoms with Gasteiger partial charge in [-0.25, -0.2) is 4.79 Å². The third-order valence-electron chi connectivity index (χ3n) is 3.33. The molecule has 1 aromatic rings. The maximum absolute atomic E-state index is 11.7. The van der Waals surface area contributed by atoms with E-state index in [9.17, 15) is 9.59 Å². The molecule has 1 N–H and O–H groups in total. The summed E-state index contributed by atoms with van der Waals surface area (Å²) >= 11 is 0. The van der Waals surface area contributed by atoms with Crippen molar-refractivity contribution in [3.8, 4) is 17.2 Å². The summed E-state index contributed by atoms with van der Waals surface area (Å²) in [5.41, 5.74) is 0.615. The van der Waals surface area contributed by atoms with Crippen LogP contribution >= 0.6 is 0 Å². The number of methoxy groups -OCH3 is 3. The van der Waals surface area contributed by atoms with Gasteiger partial charge in [-0.2, -0.15) is 0 Å². The lowest BCUT2D eigenvalue weighted by molar-refractivity contribution is -0.143. The maximum atomic E-state index is 11.7. The van der Waals surface area contributed by atoms with E-state index in [-0.39, 0.29) is 12.5 Å². The highest BCUT2D eigenvalue weighted by atomic mass is 16.5. The summed E-state index contributed by atoms with van der Waals surface area (Å²) in [5.74, 6) is 0.592. The number of ether oxygens (including phenoxy) is 4. The number of benzene rings is 1. The first-order chi connectivity index (χ1) is 12.0. The number of rotatable bonds is 10. The highest BCUT2D eigenvalue weighted by Crippen LogP contribution is 2.35. The Morgan fingerprint density at radius 2 is 1.68 bits per heavy atom. The summed E-state index contributed by atoms with van der Waals surface area (Å²) in [7, 11) is 4.55. The minimum Gasteiger partial charge on any atom is -0.496 e. The highest BCUT2D eigenvalue weighted by Gasteiger charge is 2.11. The van der Waals surface area contributed by atoms with Gasteiger partial charge in [-0.15, -0.1) is 0 Å². The summed E-state index contributed by atoms with van der Waals surface area (Å²) < 4.78 is 20.6. The first kappa shape index (κ1) is 20.3. The zero-order chi connectivity index (χ0) is 18.7. The fraction of sp³-hybridized carbons (Fsp3) is 0.444. The average Bonchev–Trinajstić information content (AvgIpc) is 2.63. The van der Waals surface area contributed by atoms with Crippen LogP contribution in [0.5, 0.6) is 17.2 Å². The number of carbonyl (C=O) groups is 2. The molecule has 7 heteroatoms. The van der Waals surface area contributed by atoms with E-state index in [2.05, 4.69) is 5.32 Å². The van der Waals surface area contributed by atoms with E-state index < -0.39 is 5.97 Å². The molecule has 0 saturated heterocycles. The minimum atomic E-state index is -0.623. The molecule has 0 saturated carbocycles. The Labute approximate surface area is 147 Å². The number of nitrogens with one attached hydrogen (secondary N) is 1. The topological polar surface area (TPSA) is 83.1 Å². The molecule has 0 fully saturated rings. The number of amides is 1. The van der Waals surface area contributed by atoms with Crippen LogP contribution in [-0.4, -0.2) is 46.4 Å². The maximum Gasteiger partial charge on any atom is 0.331 e. The lowest BCUT2D eigenvalue weighted by atomic mass is 10.1. The second-order valence-corrected chi connectivity index (χ2v) is 5.09. The molecule has 0 bridgehead atoms. The monoisotopic (exact) mass is 351 g/mol. The Bertz CT molecular complexity index is 612. The zero-order valence-corrected chi connectivity index (χ0v) is 15.1. The molecule has 0 aromatic heterocycles. The molecule has 0 heterocycles. The van der Waals surface area contributed by atoms with Crippen LogP contribution in [0.1, 0.15) is 25.3 Å². The van der Waals surface area contributed by atoms with Gasteiger partial charge in [-0.3, -0.25) is 4.79 Å². The summed E-state index contributed by atoms with van der Waals surface area (Å²) in [6.45, 7) is 2.29. The molecule has 0 unspecified atom stereocenters. The summed E-state index contributed by atoms with van der Waals surface area (Å²) in [6, 6.07) is 3.34. The van der Waals surface area contributed by atoms with Crippen molar-refractivity contribution >= 4 is 18.0 Å². The van der Waals surface area contributed by atoms with E-state index in [1.165, 1.54) is 33.5 Å². The van der Waals surface area contributed by atoms with Gasteiger partial charge in [-0.1, -0.05) is 13.3 Å². The largest absolute Gasteiger partial charge is 0.496 e. The Morgan fingerprint density at radius 3 is 2.28 bits per heavy atom. The van der Waals surface area contributed by atoms with Gasteiger partial charge in [0, 0.05) is 24.3 Å². The molecule has 0 spiro atoms. The second-order valence-electron chi connectivity index (χ2n) is 5.09. The van der Waals surface area contributed by atoms with Crippen molar-refractivity contribution in [3.63, 3.8) is 0 Å². The molecular formula is C18H25NO6. The highest BCUT2D eigenvalue weighted by molar-refractivity contribution is 5.89. The molecule has 0 atom stereocenters. The van der Waals surface area contributed by atoms with Gasteiger partial charge in [0.05, 0.1) is 21.3 Å². The predicted octanol–water partition coefficient (Wildman–Crippen LogP) is 2.19. The Morgan fingerprint density at radius 1 is 1.04 bits per heavy atom. The Balaban J connectivity index is 2.67. The van der Waals surface area contributed by atoms with Crippen molar-refractivity contribution in [2.75, 3.05) is 34.5 Å². The number of hydrogen-bond donors (Lipinski definition) is 1. The van der Waals surface area contributed by atoms with E-state index in [1.54, 1.807) is 12.1 Å². The predicted molar refractivity (Wildman–Crippen MR) is 94.0 cm³/mol. The van der Waals surface area contributed by atoms with Gasteiger partial charge in [-0.05, 0) is 18.6 Å². The molecule has 0 aliphatic rings. The second kappa shape index (κ2) is 11.0. The summed E-state index contributed by atoms with van der Waals surface area (Å²) in [5, 5.41) is 2.67. The molecule has 25 heavy (non-hydrogen) atoms. The first-order valence-corrected chi connectivity index (χ1v) is 7.97. The zero-order valence-electron chi connectivity index (χ0n) is 15.1. The van der Waals surface area contributed by atoms with E-state index in [0.29, 0.717) is 29.4 Å². The summed E-state index contributed by atoms with van der Waals surface area (Å²) in [4.78, 5) is 23.2. The molecule has 0 radical (unpaired) electrons. The van der Waals surface area contributed by atoms with E-state index in [1.807, 2.05) is 6.92 Å². The van der Waals surface area contributed by atoms with Crippen molar-refractivity contribution in [1.29, 1.82) is 0 Å². The smallest absolute Gasteiger partial charge is 0.331 e. The van der Waals surface area contributed by atoms with Crippen molar-refractivity contribution in [3.05, 3.63) is 23.8 Å². The molecule has 1 amide bonds. The van der Waals surface area contributed by atoms with Gasteiger partial charge in [0.1, 0.15) is 5.75 Å². The lowest BCUT2D eigenvalue weighted by Gasteiger charge is -2.12. The van der Waals surface area contributed by atoms with Crippen molar-refractivity contribution in [2.24, 2.45) is 0 Å². The van der Waals surface area contributed by atoms with Crippen molar-refractivity contribution < 1.29 is 28.5 Å². The summed E-state index contributed by atoms with van der Waals surface area (Å²) in [6.07, 6.45) is 4.62. The number of esters is 1. The van der Waals surface area contributed by atoms with Crippen LogP contribution in [0.25, 0.3) is 6.08 Å². The van der Waals surface area contributed by atoms with E-state index >= 15 is 0 Å².